The maximum atomic E-state index is 13.3. The molecule has 8 atom stereocenters. The van der Waals surface area contributed by atoms with Gasteiger partial charge in [-0.1, -0.05) is 13.8 Å². The smallest absolute Gasteiger partial charge is 0.185 e. The number of hydrogen-bond acceptors (Lipinski definition) is 4. The summed E-state index contributed by atoms with van der Waals surface area (Å²) in [4.78, 5) is 28.6. The van der Waals surface area contributed by atoms with Crippen LogP contribution in [0.1, 0.15) is 82.3 Å². The fraction of sp³-hybridized carbons (Fsp3) is 0.800. The number of fused-ring (bicyclic) bond motifs is 5. The second-order valence-electron chi connectivity index (χ2n) is 11.3. The number of carbonyl (C=O) groups is 2. The van der Waals surface area contributed by atoms with Gasteiger partial charge in [0.15, 0.2) is 17.9 Å². The molecule has 0 bridgehead atoms. The van der Waals surface area contributed by atoms with Crippen molar-refractivity contribution in [1.29, 1.82) is 0 Å². The molecule has 0 aromatic carbocycles. The van der Waals surface area contributed by atoms with E-state index in [0.29, 0.717) is 23.1 Å². The quantitative estimate of drug-likeness (QED) is 0.749. The number of aliphatic hydroxyl groups excluding tert-OH is 1. The zero-order chi connectivity index (χ0) is 21.1. The number of carbonyl (C=O) groups excluding carboxylic acids is 2. The van der Waals surface area contributed by atoms with Crippen molar-refractivity contribution in [2.24, 2.45) is 40.4 Å². The molecule has 1 aromatic heterocycles. The summed E-state index contributed by atoms with van der Waals surface area (Å²) in [5.74, 6) is 3.53. The minimum Gasteiger partial charge on any atom is -0.393 e. The highest BCUT2D eigenvalue weighted by Gasteiger charge is 2.61. The summed E-state index contributed by atoms with van der Waals surface area (Å²) in [5, 5.41) is 10.2. The Labute approximate surface area is 179 Å². The molecule has 0 spiro atoms. The highest BCUT2D eigenvalue weighted by atomic mass is 16.3. The number of imidazole rings is 1. The van der Waals surface area contributed by atoms with Crippen LogP contribution in [0.4, 0.5) is 0 Å². The van der Waals surface area contributed by atoms with Crippen LogP contribution in [0.5, 0.6) is 0 Å². The van der Waals surface area contributed by atoms with E-state index in [1.807, 2.05) is 0 Å². The van der Waals surface area contributed by atoms with Crippen LogP contribution < -0.4 is 0 Å². The van der Waals surface area contributed by atoms with Gasteiger partial charge in [0.05, 0.1) is 12.6 Å². The molecule has 30 heavy (non-hydrogen) atoms. The summed E-state index contributed by atoms with van der Waals surface area (Å²) in [5.41, 5.74) is 0.471. The lowest BCUT2D eigenvalue weighted by Crippen LogP contribution is -2.54. The molecule has 0 radical (unpaired) electrons. The molecule has 5 heteroatoms. The van der Waals surface area contributed by atoms with Gasteiger partial charge in [-0.15, -0.1) is 0 Å². The molecule has 1 aromatic rings. The molecule has 1 N–H and O–H groups in total. The van der Waals surface area contributed by atoms with Crippen LogP contribution in [0.25, 0.3) is 0 Å². The first kappa shape index (κ1) is 20.4. The lowest BCUT2D eigenvalue weighted by atomic mass is 9.44. The van der Waals surface area contributed by atoms with E-state index in [2.05, 4.69) is 18.8 Å². The molecular weight excluding hydrogens is 376 g/mol. The second-order valence-corrected chi connectivity index (χ2v) is 11.3. The van der Waals surface area contributed by atoms with Crippen molar-refractivity contribution < 1.29 is 14.7 Å². The lowest BCUT2D eigenvalue weighted by molar-refractivity contribution is -0.140. The molecule has 4 fully saturated rings. The third kappa shape index (κ3) is 2.95. The van der Waals surface area contributed by atoms with Gasteiger partial charge in [0.25, 0.3) is 0 Å². The fourth-order valence-electron chi connectivity index (χ4n) is 8.61. The van der Waals surface area contributed by atoms with Crippen LogP contribution in [-0.2, 0) is 11.3 Å². The molecule has 1 heterocycles. The summed E-state index contributed by atoms with van der Waals surface area (Å²) in [6, 6.07) is 0. The van der Waals surface area contributed by atoms with Gasteiger partial charge < -0.3 is 9.67 Å². The minimum atomic E-state index is -0.0959. The zero-order valence-corrected chi connectivity index (χ0v) is 18.4. The highest BCUT2D eigenvalue weighted by molar-refractivity contribution is 5.83. The standard InChI is InChI=1S/C25H36N2O3/c1-24-9-7-17(29)13-16(24)3-4-18-19-5-6-21(25(19,2)10-8-20(18)24)22(30)14-27-12-11-26-23(27)15-28/h11-12,15-21,29H,3-10,13-14H2,1-2H3/t16?,17?,18-,19-,20-,21+,24-,25-/m0/s1. The van der Waals surface area contributed by atoms with Crippen molar-refractivity contribution >= 4 is 12.1 Å². The molecule has 0 saturated heterocycles. The summed E-state index contributed by atoms with van der Waals surface area (Å²) in [6.45, 7) is 5.17. The fourth-order valence-corrected chi connectivity index (χ4v) is 8.61. The Balaban J connectivity index is 1.35. The van der Waals surface area contributed by atoms with Crippen LogP contribution in [0.3, 0.4) is 0 Å². The van der Waals surface area contributed by atoms with Gasteiger partial charge in [-0.25, -0.2) is 4.98 Å². The Hall–Kier alpha value is -1.49. The van der Waals surface area contributed by atoms with E-state index in [1.54, 1.807) is 17.0 Å². The number of rotatable bonds is 4. The van der Waals surface area contributed by atoms with Crippen molar-refractivity contribution in [2.75, 3.05) is 0 Å². The van der Waals surface area contributed by atoms with E-state index in [1.165, 1.54) is 32.1 Å². The molecule has 2 unspecified atom stereocenters. The van der Waals surface area contributed by atoms with Crippen LogP contribution in [-0.4, -0.2) is 32.8 Å². The SMILES string of the molecule is C[C@]12CC[C@H]3[C@@H](CCC4CC(O)CC[C@@]43C)[C@@H]1CC[C@@H]2C(=O)Cn1ccnc1C=O. The number of ketones is 1. The normalized spacial score (nSPS) is 45.3. The Kier molecular flexibility index (Phi) is 4.96. The number of hydrogen-bond donors (Lipinski definition) is 1. The van der Waals surface area contributed by atoms with Gasteiger partial charge in [0.1, 0.15) is 0 Å². The average Bonchev–Trinajstić information content (AvgIpc) is 3.31. The first-order valence-corrected chi connectivity index (χ1v) is 12.0. The van der Waals surface area contributed by atoms with E-state index in [4.69, 9.17) is 0 Å². The summed E-state index contributed by atoms with van der Waals surface area (Å²) in [6.07, 6.45) is 14.2. The predicted octanol–water partition coefficient (Wildman–Crippen LogP) is 4.28. The largest absolute Gasteiger partial charge is 0.393 e. The van der Waals surface area contributed by atoms with Crippen molar-refractivity contribution in [3.63, 3.8) is 0 Å². The number of Topliss-reactive ketones (excluding diaryl/α,β-unsaturated/α-hetero) is 1. The summed E-state index contributed by atoms with van der Waals surface area (Å²) in [7, 11) is 0. The Morgan fingerprint density at radius 2 is 1.90 bits per heavy atom. The maximum Gasteiger partial charge on any atom is 0.185 e. The number of aromatic nitrogens is 2. The lowest BCUT2D eigenvalue weighted by Gasteiger charge is -2.60. The Morgan fingerprint density at radius 1 is 1.13 bits per heavy atom. The zero-order valence-electron chi connectivity index (χ0n) is 18.4. The van der Waals surface area contributed by atoms with Gasteiger partial charge in [0.2, 0.25) is 0 Å². The topological polar surface area (TPSA) is 72.2 Å². The molecular formula is C25H36N2O3. The maximum absolute atomic E-state index is 13.3. The molecule has 0 aliphatic heterocycles. The van der Waals surface area contributed by atoms with Gasteiger partial charge in [0, 0.05) is 18.3 Å². The van der Waals surface area contributed by atoms with Crippen molar-refractivity contribution in [3.05, 3.63) is 18.2 Å². The van der Waals surface area contributed by atoms with E-state index >= 15 is 0 Å². The van der Waals surface area contributed by atoms with Gasteiger partial charge >= 0.3 is 0 Å². The Bertz CT molecular complexity index is 834. The molecule has 0 amide bonds. The first-order chi connectivity index (χ1) is 14.4. The van der Waals surface area contributed by atoms with Crippen molar-refractivity contribution in [3.8, 4) is 0 Å². The van der Waals surface area contributed by atoms with Gasteiger partial charge in [-0.2, -0.15) is 0 Å². The predicted molar refractivity (Wildman–Crippen MR) is 114 cm³/mol. The average molecular weight is 413 g/mol. The second kappa shape index (κ2) is 7.29. The highest BCUT2D eigenvalue weighted by Crippen LogP contribution is 2.67. The summed E-state index contributed by atoms with van der Waals surface area (Å²) >= 11 is 0. The monoisotopic (exact) mass is 412 g/mol. The number of nitrogens with zero attached hydrogens (tertiary/aromatic N) is 2. The van der Waals surface area contributed by atoms with Crippen LogP contribution >= 0.6 is 0 Å². The Morgan fingerprint density at radius 3 is 2.70 bits per heavy atom. The van der Waals surface area contributed by atoms with Gasteiger partial charge in [-0.05, 0) is 92.3 Å². The first-order valence-electron chi connectivity index (χ1n) is 12.0. The van der Waals surface area contributed by atoms with Crippen molar-refractivity contribution in [1.82, 2.24) is 9.55 Å². The third-order valence-electron chi connectivity index (χ3n) is 10.2. The van der Waals surface area contributed by atoms with Crippen LogP contribution in [0.2, 0.25) is 0 Å². The van der Waals surface area contributed by atoms with Crippen molar-refractivity contribution in [2.45, 2.75) is 84.3 Å². The van der Waals surface area contributed by atoms with Crippen LogP contribution in [0.15, 0.2) is 12.4 Å². The number of aliphatic hydroxyl groups is 1. The molecule has 4 aliphatic rings. The number of aldehydes is 1. The van der Waals surface area contributed by atoms with Crippen LogP contribution in [0, 0.1) is 40.4 Å². The molecule has 5 rings (SSSR count). The minimum absolute atomic E-state index is 0.0948. The van der Waals surface area contributed by atoms with E-state index < -0.39 is 0 Å². The van der Waals surface area contributed by atoms with E-state index in [9.17, 15) is 14.7 Å². The molecule has 164 valence electrons. The van der Waals surface area contributed by atoms with Gasteiger partial charge in [-0.3, -0.25) is 9.59 Å². The molecule has 4 aliphatic carbocycles. The van der Waals surface area contributed by atoms with E-state index in [-0.39, 0.29) is 29.8 Å². The van der Waals surface area contributed by atoms with E-state index in [0.717, 1.165) is 43.8 Å². The third-order valence-corrected chi connectivity index (χ3v) is 10.2. The summed E-state index contributed by atoms with van der Waals surface area (Å²) < 4.78 is 1.71. The molecule has 4 saturated carbocycles. The molecule has 5 nitrogen and oxygen atoms in total.